The Balaban J connectivity index is 1.55. The van der Waals surface area contributed by atoms with Crippen molar-refractivity contribution in [2.24, 2.45) is 5.92 Å². The predicted molar refractivity (Wildman–Crippen MR) is 116 cm³/mol. The number of nitrogens with zero attached hydrogens (tertiary/aromatic N) is 1. The van der Waals surface area contributed by atoms with Gasteiger partial charge in [-0.25, -0.2) is 0 Å². The molecule has 0 radical (unpaired) electrons. The highest BCUT2D eigenvalue weighted by Gasteiger charge is 2.29. The molecule has 5 heteroatoms. The summed E-state index contributed by atoms with van der Waals surface area (Å²) in [4.78, 5) is 14.2. The zero-order chi connectivity index (χ0) is 20.4. The Morgan fingerprint density at radius 2 is 2.03 bits per heavy atom. The summed E-state index contributed by atoms with van der Waals surface area (Å²) in [6.45, 7) is 3.75. The number of fused-ring (bicyclic) bond motifs is 1. The predicted octanol–water partition coefficient (Wildman–Crippen LogP) is 3.43. The molecule has 1 saturated heterocycles. The van der Waals surface area contributed by atoms with E-state index in [4.69, 9.17) is 4.74 Å². The summed E-state index contributed by atoms with van der Waals surface area (Å²) in [6.07, 6.45) is 3.07. The molecule has 0 spiro atoms. The largest absolute Gasteiger partial charge is 0.496 e. The lowest BCUT2D eigenvalue weighted by molar-refractivity contribution is -0.121. The molecule has 1 unspecified atom stereocenters. The van der Waals surface area contributed by atoms with E-state index in [0.717, 1.165) is 42.8 Å². The van der Waals surface area contributed by atoms with Gasteiger partial charge in [0.25, 0.3) is 0 Å². The number of benzene rings is 2. The van der Waals surface area contributed by atoms with Crippen molar-refractivity contribution in [1.29, 1.82) is 0 Å². The summed E-state index contributed by atoms with van der Waals surface area (Å²) >= 11 is 0. The lowest BCUT2D eigenvalue weighted by Crippen LogP contribution is -2.45. The van der Waals surface area contributed by atoms with E-state index in [1.807, 2.05) is 14.0 Å². The van der Waals surface area contributed by atoms with Gasteiger partial charge in [-0.2, -0.15) is 0 Å². The molecule has 154 valence electrons. The summed E-state index contributed by atoms with van der Waals surface area (Å²) < 4.78 is 5.70. The van der Waals surface area contributed by atoms with Crippen LogP contribution in [0.2, 0.25) is 0 Å². The minimum atomic E-state index is 0.0149. The van der Waals surface area contributed by atoms with Crippen LogP contribution >= 0.6 is 0 Å². The first-order valence-corrected chi connectivity index (χ1v) is 10.6. The molecule has 29 heavy (non-hydrogen) atoms. The Morgan fingerprint density at radius 1 is 1.24 bits per heavy atom. The minimum Gasteiger partial charge on any atom is -0.496 e. The monoisotopic (exact) mass is 393 g/mol. The molecule has 4 rings (SSSR count). The summed E-state index contributed by atoms with van der Waals surface area (Å²) in [5.41, 5.74) is 4.60. The number of hydrogen-bond donors (Lipinski definition) is 2. The van der Waals surface area contributed by atoms with E-state index < -0.39 is 0 Å². The molecule has 0 saturated carbocycles. The van der Waals surface area contributed by atoms with Crippen LogP contribution in [0, 0.1) is 5.92 Å². The standard InChI is InChI=1S/C24H31N3O2/c1-16-12-18-14-22(29-3)19(13-21(18)27(2)24(16)28)15-26-20-10-7-11-25-23(20)17-8-5-4-6-9-17/h4-6,8-9,13-14,16,20,23,25-26H,7,10-12,15H2,1-3H3/t16?,20-,23-/m0/s1. The van der Waals surface area contributed by atoms with Gasteiger partial charge in [-0.05, 0) is 49.1 Å². The van der Waals surface area contributed by atoms with E-state index in [1.54, 1.807) is 12.0 Å². The van der Waals surface area contributed by atoms with Gasteiger partial charge in [0.05, 0.1) is 7.11 Å². The summed E-state index contributed by atoms with van der Waals surface area (Å²) in [5.74, 6) is 1.09. The second-order valence-corrected chi connectivity index (χ2v) is 8.27. The molecule has 5 nitrogen and oxygen atoms in total. The van der Waals surface area contributed by atoms with E-state index in [2.05, 4.69) is 53.1 Å². The van der Waals surface area contributed by atoms with Crippen molar-refractivity contribution in [2.75, 3.05) is 25.6 Å². The van der Waals surface area contributed by atoms with Crippen LogP contribution in [0.15, 0.2) is 42.5 Å². The van der Waals surface area contributed by atoms with Crippen molar-refractivity contribution in [2.45, 2.75) is 44.8 Å². The minimum absolute atomic E-state index is 0.0149. The number of carbonyl (C=O) groups excluding carboxylic acids is 1. The van der Waals surface area contributed by atoms with Crippen LogP contribution in [-0.4, -0.2) is 32.7 Å². The first kappa shape index (κ1) is 19.9. The van der Waals surface area contributed by atoms with Gasteiger partial charge in [0.1, 0.15) is 5.75 Å². The summed E-state index contributed by atoms with van der Waals surface area (Å²) in [5, 5.41) is 7.43. The molecule has 0 aromatic heterocycles. The van der Waals surface area contributed by atoms with E-state index in [0.29, 0.717) is 18.6 Å². The molecule has 3 atom stereocenters. The first-order valence-electron chi connectivity index (χ1n) is 10.6. The summed E-state index contributed by atoms with van der Waals surface area (Å²) in [6, 6.07) is 15.5. The Kier molecular flexibility index (Phi) is 5.88. The molecule has 2 aromatic rings. The van der Waals surface area contributed by atoms with Crippen LogP contribution in [0.5, 0.6) is 5.75 Å². The zero-order valence-electron chi connectivity index (χ0n) is 17.6. The Bertz CT molecular complexity index is 868. The van der Waals surface area contributed by atoms with Gasteiger partial charge in [0.2, 0.25) is 5.91 Å². The average Bonchev–Trinajstić information content (AvgIpc) is 2.76. The number of anilines is 1. The fourth-order valence-corrected chi connectivity index (χ4v) is 4.68. The highest BCUT2D eigenvalue weighted by molar-refractivity contribution is 5.97. The number of nitrogens with one attached hydrogen (secondary N) is 2. The van der Waals surface area contributed by atoms with Crippen molar-refractivity contribution in [3.05, 3.63) is 59.2 Å². The second kappa shape index (κ2) is 8.56. The number of methoxy groups -OCH3 is 1. The highest BCUT2D eigenvalue weighted by atomic mass is 16.5. The molecule has 2 heterocycles. The van der Waals surface area contributed by atoms with Crippen molar-refractivity contribution < 1.29 is 9.53 Å². The number of amides is 1. The van der Waals surface area contributed by atoms with Crippen LogP contribution in [0.4, 0.5) is 5.69 Å². The highest BCUT2D eigenvalue weighted by Crippen LogP contribution is 2.35. The van der Waals surface area contributed by atoms with Gasteiger partial charge in [-0.1, -0.05) is 37.3 Å². The second-order valence-electron chi connectivity index (χ2n) is 8.27. The van der Waals surface area contributed by atoms with Crippen LogP contribution in [0.25, 0.3) is 0 Å². The fraction of sp³-hybridized carbons (Fsp3) is 0.458. The van der Waals surface area contributed by atoms with E-state index in [-0.39, 0.29) is 11.8 Å². The fourth-order valence-electron chi connectivity index (χ4n) is 4.68. The van der Waals surface area contributed by atoms with Gasteiger partial charge >= 0.3 is 0 Å². The quantitative estimate of drug-likeness (QED) is 0.817. The van der Waals surface area contributed by atoms with Crippen LogP contribution in [0.3, 0.4) is 0 Å². The van der Waals surface area contributed by atoms with Crippen LogP contribution in [-0.2, 0) is 17.8 Å². The molecular weight excluding hydrogens is 362 g/mol. The van der Waals surface area contributed by atoms with Crippen LogP contribution in [0.1, 0.15) is 42.5 Å². The van der Waals surface area contributed by atoms with Gasteiger partial charge < -0.3 is 20.3 Å². The average molecular weight is 394 g/mol. The third kappa shape index (κ3) is 4.02. The number of carbonyl (C=O) groups is 1. The molecule has 0 aliphatic carbocycles. The topological polar surface area (TPSA) is 53.6 Å². The van der Waals surface area contributed by atoms with Gasteiger partial charge in [0, 0.05) is 42.8 Å². The van der Waals surface area contributed by atoms with Gasteiger partial charge in [0.15, 0.2) is 0 Å². The number of hydrogen-bond acceptors (Lipinski definition) is 4. The van der Waals surface area contributed by atoms with Crippen molar-refractivity contribution in [3.8, 4) is 5.75 Å². The first-order chi connectivity index (χ1) is 14.1. The zero-order valence-corrected chi connectivity index (χ0v) is 17.6. The van der Waals surface area contributed by atoms with E-state index >= 15 is 0 Å². The van der Waals surface area contributed by atoms with E-state index in [1.165, 1.54) is 11.1 Å². The smallest absolute Gasteiger partial charge is 0.229 e. The third-order valence-corrected chi connectivity index (χ3v) is 6.29. The molecular formula is C24H31N3O2. The lowest BCUT2D eigenvalue weighted by atomic mass is 9.91. The number of piperidine rings is 1. The Morgan fingerprint density at radius 3 is 2.79 bits per heavy atom. The van der Waals surface area contributed by atoms with E-state index in [9.17, 15) is 4.79 Å². The maximum atomic E-state index is 12.4. The maximum absolute atomic E-state index is 12.4. The molecule has 0 bridgehead atoms. The summed E-state index contributed by atoms with van der Waals surface area (Å²) in [7, 11) is 3.60. The molecule has 2 aromatic carbocycles. The molecule has 1 amide bonds. The molecule has 1 fully saturated rings. The Labute approximate surface area is 173 Å². The van der Waals surface area contributed by atoms with Crippen LogP contribution < -0.4 is 20.3 Å². The van der Waals surface area contributed by atoms with Gasteiger partial charge in [-0.3, -0.25) is 4.79 Å². The normalized spacial score (nSPS) is 24.3. The van der Waals surface area contributed by atoms with Gasteiger partial charge in [-0.15, -0.1) is 0 Å². The SMILES string of the molecule is COc1cc2c(cc1CN[C@H]1CCCN[C@H]1c1ccccc1)N(C)C(=O)C(C)C2. The van der Waals surface area contributed by atoms with Crippen molar-refractivity contribution in [1.82, 2.24) is 10.6 Å². The maximum Gasteiger partial charge on any atom is 0.229 e. The Hall–Kier alpha value is -2.37. The number of ether oxygens (including phenoxy) is 1. The molecule has 2 aliphatic heterocycles. The third-order valence-electron chi connectivity index (χ3n) is 6.29. The van der Waals surface area contributed by atoms with Crippen molar-refractivity contribution in [3.63, 3.8) is 0 Å². The van der Waals surface area contributed by atoms with Crippen molar-refractivity contribution >= 4 is 11.6 Å². The molecule has 2 aliphatic rings. The lowest BCUT2D eigenvalue weighted by Gasteiger charge is -2.34. The molecule has 2 N–H and O–H groups in total. The number of rotatable bonds is 5.